The van der Waals surface area contributed by atoms with Crippen LogP contribution in [0.25, 0.3) is 0 Å². The highest BCUT2D eigenvalue weighted by atomic mass is 16.1. The summed E-state index contributed by atoms with van der Waals surface area (Å²) in [6, 6.07) is 8.06. The Labute approximate surface area is 156 Å². The highest BCUT2D eigenvalue weighted by Crippen LogP contribution is 2.31. The molecule has 2 heterocycles. The molecular weight excluding hydrogens is 326 g/mol. The molecule has 2 unspecified atom stereocenters. The topological polar surface area (TPSA) is 68.8 Å². The van der Waals surface area contributed by atoms with Crippen molar-refractivity contribution >= 4 is 17.6 Å². The minimum Gasteiger partial charge on any atom is -0.357 e. The molecule has 0 radical (unpaired) electrons. The molecule has 6 heteroatoms. The molecule has 2 aliphatic heterocycles. The number of benzene rings is 1. The van der Waals surface area contributed by atoms with Gasteiger partial charge in [0.25, 0.3) is 0 Å². The third-order valence-corrected chi connectivity index (χ3v) is 5.29. The molecule has 0 bridgehead atoms. The molecule has 1 saturated heterocycles. The van der Waals surface area contributed by atoms with Crippen LogP contribution in [0.2, 0.25) is 0 Å². The predicted octanol–water partition coefficient (Wildman–Crippen LogP) is 2.01. The van der Waals surface area contributed by atoms with Crippen molar-refractivity contribution < 1.29 is 4.79 Å². The highest BCUT2D eigenvalue weighted by molar-refractivity contribution is 5.94. The van der Waals surface area contributed by atoms with E-state index >= 15 is 0 Å². The molecular formula is C20H31N5O. The normalized spacial score (nSPS) is 23.5. The van der Waals surface area contributed by atoms with Gasteiger partial charge < -0.3 is 20.9 Å². The summed E-state index contributed by atoms with van der Waals surface area (Å²) in [6.07, 6.45) is 1.74. The van der Waals surface area contributed by atoms with Crippen molar-refractivity contribution in [1.29, 1.82) is 0 Å². The maximum Gasteiger partial charge on any atom is 0.225 e. The molecule has 3 rings (SSSR count). The number of para-hydroxylation sites is 1. The number of aliphatic imine (C=N–C) groups is 1. The first-order chi connectivity index (χ1) is 12.7. The number of nitrogens with zero attached hydrogens (tertiary/aromatic N) is 2. The number of anilines is 1. The summed E-state index contributed by atoms with van der Waals surface area (Å²) < 4.78 is 0. The highest BCUT2D eigenvalue weighted by Gasteiger charge is 2.25. The summed E-state index contributed by atoms with van der Waals surface area (Å²) in [7, 11) is 0. The Kier molecular flexibility index (Phi) is 6.50. The van der Waals surface area contributed by atoms with Gasteiger partial charge in [-0.3, -0.25) is 9.79 Å². The van der Waals surface area contributed by atoms with E-state index in [2.05, 4.69) is 40.8 Å². The van der Waals surface area contributed by atoms with E-state index in [0.29, 0.717) is 18.9 Å². The van der Waals surface area contributed by atoms with Crippen LogP contribution in [0.15, 0.2) is 29.3 Å². The molecule has 2 atom stereocenters. The van der Waals surface area contributed by atoms with E-state index < -0.39 is 0 Å². The zero-order valence-electron chi connectivity index (χ0n) is 15.9. The Morgan fingerprint density at radius 2 is 2.15 bits per heavy atom. The zero-order valence-corrected chi connectivity index (χ0v) is 15.9. The first-order valence-corrected chi connectivity index (χ1v) is 9.82. The van der Waals surface area contributed by atoms with Crippen LogP contribution >= 0.6 is 0 Å². The lowest BCUT2D eigenvalue weighted by molar-refractivity contribution is -0.116. The minimum absolute atomic E-state index is 0.0862. The van der Waals surface area contributed by atoms with Gasteiger partial charge in [0, 0.05) is 44.2 Å². The summed E-state index contributed by atoms with van der Waals surface area (Å²) in [5.74, 6) is 1.76. The van der Waals surface area contributed by atoms with Crippen molar-refractivity contribution in [3.63, 3.8) is 0 Å². The van der Waals surface area contributed by atoms with Crippen LogP contribution in [-0.4, -0.2) is 56.0 Å². The van der Waals surface area contributed by atoms with Gasteiger partial charge in [-0.05, 0) is 44.0 Å². The van der Waals surface area contributed by atoms with Crippen LogP contribution < -0.4 is 16.0 Å². The van der Waals surface area contributed by atoms with E-state index in [1.807, 2.05) is 18.2 Å². The average Bonchev–Trinajstić information content (AvgIpc) is 3.11. The molecule has 2 aliphatic rings. The molecule has 26 heavy (non-hydrogen) atoms. The maximum atomic E-state index is 12.0. The lowest BCUT2D eigenvalue weighted by atomic mass is 9.90. The van der Waals surface area contributed by atoms with Gasteiger partial charge >= 0.3 is 0 Å². The number of guanidine groups is 1. The molecule has 1 amide bonds. The van der Waals surface area contributed by atoms with Gasteiger partial charge in [0.15, 0.2) is 5.96 Å². The first-order valence-electron chi connectivity index (χ1n) is 9.82. The number of amides is 1. The fraction of sp³-hybridized carbons (Fsp3) is 0.600. The molecule has 6 nitrogen and oxygen atoms in total. The summed E-state index contributed by atoms with van der Waals surface area (Å²) >= 11 is 0. The van der Waals surface area contributed by atoms with E-state index in [0.717, 1.165) is 37.8 Å². The number of carbonyl (C=O) groups excluding carboxylic acids is 1. The van der Waals surface area contributed by atoms with Gasteiger partial charge in [-0.2, -0.15) is 0 Å². The largest absolute Gasteiger partial charge is 0.357 e. The summed E-state index contributed by atoms with van der Waals surface area (Å²) in [5.41, 5.74) is 2.13. The molecule has 3 N–H and O–H groups in total. The Morgan fingerprint density at radius 3 is 2.92 bits per heavy atom. The Bertz CT molecular complexity index is 645. The van der Waals surface area contributed by atoms with E-state index in [-0.39, 0.29) is 11.8 Å². The van der Waals surface area contributed by atoms with Crippen LogP contribution in [0.4, 0.5) is 5.69 Å². The van der Waals surface area contributed by atoms with Crippen molar-refractivity contribution in [2.24, 2.45) is 10.9 Å². The fourth-order valence-corrected chi connectivity index (χ4v) is 3.82. The van der Waals surface area contributed by atoms with Crippen LogP contribution in [0.5, 0.6) is 0 Å². The lowest BCUT2D eigenvalue weighted by Crippen LogP contribution is -2.41. The zero-order chi connectivity index (χ0) is 18.4. The third kappa shape index (κ3) is 4.75. The number of nitrogens with one attached hydrogen (secondary N) is 3. The standard InChI is InChI=1S/C20H31N5O/c1-3-21-20(22-12-15-9-10-25(4-2)14-15)23-13-16-11-19(26)24-18-8-6-5-7-17(16)18/h5-8,15-16H,3-4,9-14H2,1-2H3,(H,24,26)(H2,21,22,23). The third-order valence-electron chi connectivity index (χ3n) is 5.29. The quantitative estimate of drug-likeness (QED) is 0.538. The van der Waals surface area contributed by atoms with Crippen LogP contribution in [0.3, 0.4) is 0 Å². The summed E-state index contributed by atoms with van der Waals surface area (Å²) in [6.45, 7) is 10.2. The predicted molar refractivity (Wildman–Crippen MR) is 107 cm³/mol. The number of carbonyl (C=O) groups is 1. The summed E-state index contributed by atoms with van der Waals surface area (Å²) in [4.78, 5) is 19.3. The second-order valence-corrected chi connectivity index (χ2v) is 7.18. The van der Waals surface area contributed by atoms with Gasteiger partial charge in [0.1, 0.15) is 0 Å². The van der Waals surface area contributed by atoms with E-state index in [9.17, 15) is 4.79 Å². The molecule has 0 spiro atoms. The molecule has 1 fully saturated rings. The molecule has 0 aromatic heterocycles. The number of hydrogen-bond donors (Lipinski definition) is 3. The SMILES string of the molecule is CCNC(=NCC1CCN(CC)C1)NCC1CC(=O)Nc2ccccc21. The van der Waals surface area contributed by atoms with E-state index in [1.165, 1.54) is 18.5 Å². The Balaban J connectivity index is 1.58. The lowest BCUT2D eigenvalue weighted by Gasteiger charge is -2.26. The van der Waals surface area contributed by atoms with Crippen molar-refractivity contribution in [2.45, 2.75) is 32.6 Å². The fourth-order valence-electron chi connectivity index (χ4n) is 3.82. The second-order valence-electron chi connectivity index (χ2n) is 7.18. The van der Waals surface area contributed by atoms with Crippen molar-refractivity contribution in [2.75, 3.05) is 44.6 Å². The van der Waals surface area contributed by atoms with Crippen LogP contribution in [0, 0.1) is 5.92 Å². The van der Waals surface area contributed by atoms with Gasteiger partial charge in [-0.1, -0.05) is 25.1 Å². The smallest absolute Gasteiger partial charge is 0.225 e. The van der Waals surface area contributed by atoms with Gasteiger partial charge in [-0.15, -0.1) is 0 Å². The van der Waals surface area contributed by atoms with Crippen molar-refractivity contribution in [1.82, 2.24) is 15.5 Å². The van der Waals surface area contributed by atoms with Gasteiger partial charge in [0.05, 0.1) is 0 Å². The maximum absolute atomic E-state index is 12.0. The Morgan fingerprint density at radius 1 is 1.31 bits per heavy atom. The van der Waals surface area contributed by atoms with Crippen LogP contribution in [-0.2, 0) is 4.79 Å². The molecule has 0 saturated carbocycles. The van der Waals surface area contributed by atoms with Gasteiger partial charge in [-0.25, -0.2) is 0 Å². The molecule has 1 aromatic rings. The number of rotatable bonds is 6. The first kappa shape index (κ1) is 18.7. The van der Waals surface area contributed by atoms with Crippen molar-refractivity contribution in [3.05, 3.63) is 29.8 Å². The second kappa shape index (κ2) is 9.03. The van der Waals surface area contributed by atoms with Crippen LogP contribution in [0.1, 0.15) is 38.2 Å². The number of fused-ring (bicyclic) bond motifs is 1. The number of hydrogen-bond acceptors (Lipinski definition) is 3. The van der Waals surface area contributed by atoms with E-state index in [1.54, 1.807) is 0 Å². The van der Waals surface area contributed by atoms with Gasteiger partial charge in [0.2, 0.25) is 5.91 Å². The molecule has 1 aromatic carbocycles. The minimum atomic E-state index is 0.0862. The number of likely N-dealkylation sites (tertiary alicyclic amines) is 1. The van der Waals surface area contributed by atoms with E-state index in [4.69, 9.17) is 4.99 Å². The average molecular weight is 358 g/mol. The monoisotopic (exact) mass is 357 g/mol. The van der Waals surface area contributed by atoms with Crippen molar-refractivity contribution in [3.8, 4) is 0 Å². The summed E-state index contributed by atoms with van der Waals surface area (Å²) in [5, 5.41) is 9.73. The molecule has 142 valence electrons. The molecule has 0 aliphatic carbocycles. The Hall–Kier alpha value is -2.08.